The van der Waals surface area contributed by atoms with Crippen molar-refractivity contribution < 1.29 is 9.53 Å². The third-order valence-electron chi connectivity index (χ3n) is 3.29. The molecule has 1 rings (SSSR count). The first kappa shape index (κ1) is 15.7. The summed E-state index contributed by atoms with van der Waals surface area (Å²) in [5, 5.41) is 0. The minimum atomic E-state index is -0.129. The number of hydrogen-bond acceptors (Lipinski definition) is 3. The first-order valence-corrected chi connectivity index (χ1v) is 6.93. The van der Waals surface area contributed by atoms with Gasteiger partial charge in [-0.15, -0.1) is 0 Å². The van der Waals surface area contributed by atoms with Gasteiger partial charge in [-0.25, -0.2) is 0 Å². The molecule has 0 amide bonds. The fourth-order valence-corrected chi connectivity index (χ4v) is 2.19. The minimum Gasteiger partial charge on any atom is -0.469 e. The molecule has 1 aromatic carbocycles. The van der Waals surface area contributed by atoms with Crippen molar-refractivity contribution in [2.45, 2.75) is 26.2 Å². The van der Waals surface area contributed by atoms with E-state index in [9.17, 15) is 4.79 Å². The summed E-state index contributed by atoms with van der Waals surface area (Å²) in [7, 11) is 3.50. The van der Waals surface area contributed by atoms with Crippen LogP contribution in [-0.2, 0) is 16.0 Å². The van der Waals surface area contributed by atoms with Crippen molar-refractivity contribution >= 4 is 5.97 Å². The molecule has 0 saturated carbocycles. The van der Waals surface area contributed by atoms with Gasteiger partial charge in [0.25, 0.3) is 0 Å². The maximum atomic E-state index is 11.3. The fourth-order valence-electron chi connectivity index (χ4n) is 2.19. The van der Waals surface area contributed by atoms with Gasteiger partial charge in [0.2, 0.25) is 0 Å². The molecule has 0 aliphatic rings. The van der Waals surface area contributed by atoms with E-state index < -0.39 is 0 Å². The zero-order valence-electron chi connectivity index (χ0n) is 12.3. The van der Waals surface area contributed by atoms with Crippen LogP contribution in [0.15, 0.2) is 30.3 Å². The molecule has 0 aliphatic heterocycles. The maximum Gasteiger partial charge on any atom is 0.309 e. The van der Waals surface area contributed by atoms with Crippen molar-refractivity contribution in [1.29, 1.82) is 0 Å². The predicted octanol–water partition coefficient (Wildman–Crippen LogP) is 2.75. The second-order valence-corrected chi connectivity index (χ2v) is 5.13. The predicted molar refractivity (Wildman–Crippen MR) is 78.1 cm³/mol. The third kappa shape index (κ3) is 6.39. The molecule has 0 radical (unpaired) electrons. The Kier molecular flexibility index (Phi) is 7.19. The van der Waals surface area contributed by atoms with E-state index in [2.05, 4.69) is 36.2 Å². The van der Waals surface area contributed by atoms with Crippen LogP contribution in [0.4, 0.5) is 0 Å². The van der Waals surface area contributed by atoms with Gasteiger partial charge in [0, 0.05) is 6.54 Å². The number of carbonyl (C=O) groups is 1. The van der Waals surface area contributed by atoms with Crippen LogP contribution in [0.5, 0.6) is 0 Å². The van der Waals surface area contributed by atoms with Crippen molar-refractivity contribution in [2.75, 3.05) is 27.2 Å². The summed E-state index contributed by atoms with van der Waals surface area (Å²) in [5.74, 6) is -0.180. The number of unbranched alkanes of at least 4 members (excludes halogenated alkanes) is 1. The lowest BCUT2D eigenvalue weighted by atomic mass is 10.1. The van der Waals surface area contributed by atoms with E-state index in [0.717, 1.165) is 25.9 Å². The smallest absolute Gasteiger partial charge is 0.309 e. The topological polar surface area (TPSA) is 29.5 Å². The van der Waals surface area contributed by atoms with Gasteiger partial charge in [-0.1, -0.05) is 37.3 Å². The fraction of sp³-hybridized carbons (Fsp3) is 0.562. The number of rotatable bonds is 8. The largest absolute Gasteiger partial charge is 0.469 e. The normalized spacial score (nSPS) is 12.4. The first-order valence-electron chi connectivity index (χ1n) is 6.93. The molecule has 0 aromatic heterocycles. The van der Waals surface area contributed by atoms with Gasteiger partial charge in [-0.3, -0.25) is 4.79 Å². The number of benzene rings is 1. The van der Waals surface area contributed by atoms with E-state index >= 15 is 0 Å². The van der Waals surface area contributed by atoms with Crippen molar-refractivity contribution in [3.63, 3.8) is 0 Å². The van der Waals surface area contributed by atoms with E-state index in [-0.39, 0.29) is 11.9 Å². The highest BCUT2D eigenvalue weighted by atomic mass is 16.5. The molecule has 19 heavy (non-hydrogen) atoms. The monoisotopic (exact) mass is 263 g/mol. The summed E-state index contributed by atoms with van der Waals surface area (Å²) in [6, 6.07) is 10.6. The van der Waals surface area contributed by atoms with Crippen molar-refractivity contribution in [2.24, 2.45) is 5.92 Å². The Labute approximate surface area is 116 Å². The molecule has 0 bridgehead atoms. The second-order valence-electron chi connectivity index (χ2n) is 5.13. The number of aryl methyl sites for hydroxylation is 1. The summed E-state index contributed by atoms with van der Waals surface area (Å²) in [6.07, 6.45) is 3.46. The molecule has 0 heterocycles. The maximum absolute atomic E-state index is 11.3. The number of carbonyl (C=O) groups excluding carboxylic acids is 1. The lowest BCUT2D eigenvalue weighted by Gasteiger charge is -2.19. The van der Waals surface area contributed by atoms with Crippen LogP contribution in [0.25, 0.3) is 0 Å². The third-order valence-corrected chi connectivity index (χ3v) is 3.29. The molecule has 0 fully saturated rings. The van der Waals surface area contributed by atoms with Gasteiger partial charge in [0.1, 0.15) is 0 Å². The first-order chi connectivity index (χ1) is 9.13. The molecule has 1 atom stereocenters. The Morgan fingerprint density at radius 1 is 1.26 bits per heavy atom. The molecule has 1 aromatic rings. The lowest BCUT2D eigenvalue weighted by Crippen LogP contribution is -2.30. The molecule has 0 saturated heterocycles. The summed E-state index contributed by atoms with van der Waals surface area (Å²) in [5.41, 5.74) is 1.40. The van der Waals surface area contributed by atoms with Gasteiger partial charge < -0.3 is 9.64 Å². The molecule has 106 valence electrons. The number of methoxy groups -OCH3 is 1. The lowest BCUT2D eigenvalue weighted by molar-refractivity contribution is -0.145. The van der Waals surface area contributed by atoms with E-state index in [1.807, 2.05) is 13.0 Å². The van der Waals surface area contributed by atoms with Crippen LogP contribution in [0.3, 0.4) is 0 Å². The Hall–Kier alpha value is -1.35. The molecule has 1 unspecified atom stereocenters. The molecular formula is C16H25NO2. The van der Waals surface area contributed by atoms with Crippen LogP contribution < -0.4 is 0 Å². The van der Waals surface area contributed by atoms with Gasteiger partial charge in [-0.2, -0.15) is 0 Å². The number of ether oxygens (including phenoxy) is 1. The zero-order chi connectivity index (χ0) is 14.1. The highest BCUT2D eigenvalue weighted by Gasteiger charge is 2.14. The second kappa shape index (κ2) is 8.70. The van der Waals surface area contributed by atoms with E-state index in [1.165, 1.54) is 19.1 Å². The highest BCUT2D eigenvalue weighted by Crippen LogP contribution is 2.06. The average Bonchev–Trinajstić information content (AvgIpc) is 2.43. The standard InChI is InChI=1S/C16H25NO2/c1-14(16(18)19-3)13-17(2)12-8-7-11-15-9-5-4-6-10-15/h4-6,9-10,14H,7-8,11-13H2,1-3H3. The Morgan fingerprint density at radius 3 is 2.58 bits per heavy atom. The number of hydrogen-bond donors (Lipinski definition) is 0. The summed E-state index contributed by atoms with van der Waals surface area (Å²) in [6.45, 7) is 3.69. The Morgan fingerprint density at radius 2 is 1.95 bits per heavy atom. The minimum absolute atomic E-state index is 0.0517. The molecule has 0 aliphatic carbocycles. The van der Waals surface area contributed by atoms with E-state index in [4.69, 9.17) is 4.74 Å². The van der Waals surface area contributed by atoms with Crippen LogP contribution in [-0.4, -0.2) is 38.1 Å². The van der Waals surface area contributed by atoms with Crippen molar-refractivity contribution in [3.05, 3.63) is 35.9 Å². The molecule has 0 spiro atoms. The van der Waals surface area contributed by atoms with Gasteiger partial charge in [-0.05, 0) is 38.4 Å². The van der Waals surface area contributed by atoms with Gasteiger partial charge >= 0.3 is 5.97 Å². The van der Waals surface area contributed by atoms with E-state index in [0.29, 0.717) is 0 Å². The van der Waals surface area contributed by atoms with Crippen LogP contribution >= 0.6 is 0 Å². The molecule has 0 N–H and O–H groups in total. The quantitative estimate of drug-likeness (QED) is 0.533. The van der Waals surface area contributed by atoms with Crippen molar-refractivity contribution in [1.82, 2.24) is 4.90 Å². The summed E-state index contributed by atoms with van der Waals surface area (Å²) >= 11 is 0. The van der Waals surface area contributed by atoms with Crippen molar-refractivity contribution in [3.8, 4) is 0 Å². The Balaban J connectivity index is 2.13. The Bertz CT molecular complexity index is 364. The zero-order valence-corrected chi connectivity index (χ0v) is 12.3. The van der Waals surface area contributed by atoms with E-state index in [1.54, 1.807) is 0 Å². The highest BCUT2D eigenvalue weighted by molar-refractivity contribution is 5.71. The van der Waals surface area contributed by atoms with Gasteiger partial charge in [0.15, 0.2) is 0 Å². The van der Waals surface area contributed by atoms with Crippen LogP contribution in [0.2, 0.25) is 0 Å². The molecule has 3 nitrogen and oxygen atoms in total. The van der Waals surface area contributed by atoms with Crippen LogP contribution in [0.1, 0.15) is 25.3 Å². The molecule has 3 heteroatoms. The van der Waals surface area contributed by atoms with Gasteiger partial charge in [0.05, 0.1) is 13.0 Å². The van der Waals surface area contributed by atoms with Crippen LogP contribution in [0, 0.1) is 5.92 Å². The summed E-state index contributed by atoms with van der Waals surface area (Å²) in [4.78, 5) is 13.5. The molecular weight excluding hydrogens is 238 g/mol. The SMILES string of the molecule is COC(=O)C(C)CN(C)CCCCc1ccccc1. The number of esters is 1. The summed E-state index contributed by atoms with van der Waals surface area (Å²) < 4.78 is 4.73. The average molecular weight is 263 g/mol. The number of nitrogens with zero attached hydrogens (tertiary/aromatic N) is 1.